The van der Waals surface area contributed by atoms with Gasteiger partial charge in [0.2, 0.25) is 0 Å². The molecule has 0 heterocycles. The van der Waals surface area contributed by atoms with Crippen LogP contribution in [0.25, 0.3) is 0 Å². The summed E-state index contributed by atoms with van der Waals surface area (Å²) in [5, 5.41) is 0. The zero-order valence-corrected chi connectivity index (χ0v) is 8.54. The van der Waals surface area contributed by atoms with Gasteiger partial charge in [-0.3, -0.25) is 0 Å². The van der Waals surface area contributed by atoms with Crippen molar-refractivity contribution in [3.63, 3.8) is 0 Å². The van der Waals surface area contributed by atoms with Crippen molar-refractivity contribution in [3.8, 4) is 0 Å². The quantitative estimate of drug-likeness (QED) is 0.570. The highest BCUT2D eigenvalue weighted by Gasteiger charge is 2.25. The van der Waals surface area contributed by atoms with Gasteiger partial charge < -0.3 is 0 Å². The molecule has 0 N–H and O–H groups in total. The van der Waals surface area contributed by atoms with Gasteiger partial charge >= 0.3 is 0 Å². The van der Waals surface area contributed by atoms with Crippen LogP contribution >= 0.6 is 0 Å². The number of allylic oxidation sites excluding steroid dienone is 2. The van der Waals surface area contributed by atoms with Gasteiger partial charge in [-0.25, -0.2) is 8.78 Å². The van der Waals surface area contributed by atoms with E-state index in [0.29, 0.717) is 0 Å². The average Bonchev–Trinajstić information content (AvgIpc) is 1.85. The third kappa shape index (κ3) is 3.84. The number of rotatable bonds is 3. The van der Waals surface area contributed by atoms with Gasteiger partial charge in [0.25, 0.3) is 5.92 Å². The first kappa shape index (κ1) is 11.6. The summed E-state index contributed by atoms with van der Waals surface area (Å²) >= 11 is 0. The molecule has 0 saturated carbocycles. The molecule has 72 valence electrons. The molecule has 0 saturated heterocycles. The van der Waals surface area contributed by atoms with Crippen LogP contribution in [-0.2, 0) is 0 Å². The Morgan fingerprint density at radius 2 is 1.67 bits per heavy atom. The summed E-state index contributed by atoms with van der Waals surface area (Å²) in [7, 11) is 0. The van der Waals surface area contributed by atoms with Crippen LogP contribution in [0.5, 0.6) is 0 Å². The minimum Gasteiger partial charge on any atom is -0.202 e. The highest BCUT2D eigenvalue weighted by atomic mass is 19.3. The molecular weight excluding hydrogens is 158 g/mol. The van der Waals surface area contributed by atoms with Crippen LogP contribution in [0, 0.1) is 5.41 Å². The van der Waals surface area contributed by atoms with E-state index in [0.717, 1.165) is 13.3 Å². The van der Waals surface area contributed by atoms with E-state index < -0.39 is 5.92 Å². The fourth-order valence-corrected chi connectivity index (χ4v) is 0.815. The lowest BCUT2D eigenvalue weighted by molar-refractivity contribution is 0.0619. The van der Waals surface area contributed by atoms with Crippen LogP contribution in [0.15, 0.2) is 11.6 Å². The van der Waals surface area contributed by atoms with Crippen LogP contribution in [0.4, 0.5) is 8.78 Å². The third-order valence-electron chi connectivity index (χ3n) is 2.21. The lowest BCUT2D eigenvalue weighted by atomic mass is 9.87. The molecule has 0 rings (SSSR count). The van der Waals surface area contributed by atoms with E-state index in [1.165, 1.54) is 6.92 Å². The molecule has 0 aromatic rings. The highest BCUT2D eigenvalue weighted by molar-refractivity contribution is 5.12. The predicted molar refractivity (Wildman–Crippen MR) is 48.5 cm³/mol. The Bertz CT molecular complexity index is 173. The standard InChI is InChI=1S/C10H18F2/c1-6-9(3,4)7-8(2)10(5,11)12/h7H,6H2,1-5H3/b8-7+. The Morgan fingerprint density at radius 3 is 1.92 bits per heavy atom. The van der Waals surface area contributed by atoms with Crippen LogP contribution in [0.2, 0.25) is 0 Å². The Balaban J connectivity index is 4.57. The molecule has 0 amide bonds. The summed E-state index contributed by atoms with van der Waals surface area (Å²) in [6.07, 6.45) is 2.54. The Morgan fingerprint density at radius 1 is 1.25 bits per heavy atom. The molecule has 0 spiro atoms. The second-order valence-corrected chi connectivity index (χ2v) is 4.06. The van der Waals surface area contributed by atoms with Gasteiger partial charge in [-0.15, -0.1) is 0 Å². The molecular formula is C10H18F2. The first-order valence-electron chi connectivity index (χ1n) is 4.27. The normalized spacial score (nSPS) is 15.1. The molecule has 0 aromatic heterocycles. The molecule has 0 bridgehead atoms. The van der Waals surface area contributed by atoms with Gasteiger partial charge in [0.05, 0.1) is 0 Å². The minimum absolute atomic E-state index is 0.122. The van der Waals surface area contributed by atoms with Crippen molar-refractivity contribution in [3.05, 3.63) is 11.6 Å². The first-order chi connectivity index (χ1) is 5.19. The highest BCUT2D eigenvalue weighted by Crippen LogP contribution is 2.29. The number of hydrogen-bond donors (Lipinski definition) is 0. The van der Waals surface area contributed by atoms with Crippen molar-refractivity contribution in [2.45, 2.75) is 47.0 Å². The molecule has 0 aliphatic heterocycles. The van der Waals surface area contributed by atoms with Crippen LogP contribution in [0.3, 0.4) is 0 Å². The van der Waals surface area contributed by atoms with E-state index in [4.69, 9.17) is 0 Å². The number of hydrogen-bond acceptors (Lipinski definition) is 0. The van der Waals surface area contributed by atoms with Gasteiger partial charge in [-0.05, 0) is 24.3 Å². The topological polar surface area (TPSA) is 0 Å². The van der Waals surface area contributed by atoms with E-state index in [-0.39, 0.29) is 11.0 Å². The van der Waals surface area contributed by atoms with Gasteiger partial charge in [-0.1, -0.05) is 26.8 Å². The number of halogens is 2. The fraction of sp³-hybridized carbons (Fsp3) is 0.800. The summed E-state index contributed by atoms with van der Waals surface area (Å²) in [4.78, 5) is 0. The molecule has 2 heteroatoms. The maximum atomic E-state index is 12.7. The smallest absolute Gasteiger partial charge is 0.202 e. The lowest BCUT2D eigenvalue weighted by Gasteiger charge is -2.21. The Hall–Kier alpha value is -0.400. The van der Waals surface area contributed by atoms with Crippen LogP contribution in [-0.4, -0.2) is 5.92 Å². The largest absolute Gasteiger partial charge is 0.266 e. The second kappa shape index (κ2) is 3.55. The van der Waals surface area contributed by atoms with E-state index in [9.17, 15) is 8.78 Å². The first-order valence-corrected chi connectivity index (χ1v) is 4.27. The Labute approximate surface area is 73.7 Å². The van der Waals surface area contributed by atoms with Gasteiger partial charge in [0, 0.05) is 6.92 Å². The van der Waals surface area contributed by atoms with Crippen molar-refractivity contribution in [1.82, 2.24) is 0 Å². The van der Waals surface area contributed by atoms with Crippen molar-refractivity contribution >= 4 is 0 Å². The van der Waals surface area contributed by atoms with Crippen molar-refractivity contribution < 1.29 is 8.78 Å². The summed E-state index contributed by atoms with van der Waals surface area (Å²) < 4.78 is 25.4. The maximum absolute atomic E-state index is 12.7. The third-order valence-corrected chi connectivity index (χ3v) is 2.21. The summed E-state index contributed by atoms with van der Waals surface area (Å²) in [6, 6.07) is 0. The SMILES string of the molecule is CCC(C)(C)/C=C(\C)C(C)(F)F. The van der Waals surface area contributed by atoms with Crippen molar-refractivity contribution in [2.75, 3.05) is 0 Å². The molecule has 0 aliphatic rings. The second-order valence-electron chi connectivity index (χ2n) is 4.06. The van der Waals surface area contributed by atoms with E-state index in [1.54, 1.807) is 6.08 Å². The van der Waals surface area contributed by atoms with Gasteiger partial charge in [0.1, 0.15) is 0 Å². The van der Waals surface area contributed by atoms with E-state index in [1.807, 2.05) is 20.8 Å². The van der Waals surface area contributed by atoms with E-state index >= 15 is 0 Å². The summed E-state index contributed by atoms with van der Waals surface area (Å²) in [6.45, 7) is 8.34. The molecule has 0 aromatic carbocycles. The average molecular weight is 176 g/mol. The lowest BCUT2D eigenvalue weighted by Crippen LogP contribution is -2.15. The van der Waals surface area contributed by atoms with Crippen LogP contribution in [0.1, 0.15) is 41.0 Å². The monoisotopic (exact) mass is 176 g/mol. The maximum Gasteiger partial charge on any atom is 0.266 e. The molecule has 0 aliphatic carbocycles. The molecule has 0 nitrogen and oxygen atoms in total. The molecule has 0 unspecified atom stereocenters. The summed E-state index contributed by atoms with van der Waals surface area (Å²) in [5.74, 6) is -2.67. The van der Waals surface area contributed by atoms with E-state index in [2.05, 4.69) is 0 Å². The predicted octanol–water partition coefficient (Wildman–Crippen LogP) is 4.02. The molecule has 12 heavy (non-hydrogen) atoms. The Kier molecular flexibility index (Phi) is 3.43. The number of alkyl halides is 2. The van der Waals surface area contributed by atoms with Crippen LogP contribution < -0.4 is 0 Å². The molecule has 0 radical (unpaired) electrons. The zero-order valence-electron chi connectivity index (χ0n) is 8.54. The van der Waals surface area contributed by atoms with Crippen molar-refractivity contribution in [2.24, 2.45) is 5.41 Å². The van der Waals surface area contributed by atoms with Gasteiger partial charge in [-0.2, -0.15) is 0 Å². The van der Waals surface area contributed by atoms with Gasteiger partial charge in [0.15, 0.2) is 0 Å². The molecule has 0 fully saturated rings. The van der Waals surface area contributed by atoms with Crippen molar-refractivity contribution in [1.29, 1.82) is 0 Å². The fourth-order valence-electron chi connectivity index (χ4n) is 0.815. The summed E-state index contributed by atoms with van der Waals surface area (Å²) in [5.41, 5.74) is 0.0399. The minimum atomic E-state index is -2.67. The zero-order chi connectivity index (χ0) is 9.99. The molecule has 0 atom stereocenters.